The Morgan fingerprint density at radius 3 is 2.71 bits per heavy atom. The van der Waals surface area contributed by atoms with Crippen LogP contribution < -0.4 is 10.6 Å². The van der Waals surface area contributed by atoms with Gasteiger partial charge >= 0.3 is 0 Å². The molecule has 116 valence electrons. The summed E-state index contributed by atoms with van der Waals surface area (Å²) in [5.74, 6) is 0.827. The number of rotatable bonds is 5. The minimum atomic E-state index is 0.122. The fourth-order valence-corrected chi connectivity index (χ4v) is 3.14. The summed E-state index contributed by atoms with van der Waals surface area (Å²) in [4.78, 5) is 20.9. The molecule has 21 heavy (non-hydrogen) atoms. The molecule has 0 bridgehead atoms. The van der Waals surface area contributed by atoms with Crippen LogP contribution in [0.1, 0.15) is 29.5 Å². The van der Waals surface area contributed by atoms with E-state index in [9.17, 15) is 4.79 Å². The van der Waals surface area contributed by atoms with Crippen LogP contribution >= 0.6 is 11.3 Å². The quantitative estimate of drug-likeness (QED) is 0.643. The van der Waals surface area contributed by atoms with Gasteiger partial charge in [0.2, 0.25) is 5.91 Å². The van der Waals surface area contributed by atoms with E-state index < -0.39 is 0 Å². The molecule has 6 heteroatoms. The number of aryl methyl sites for hydroxylation is 1. The molecule has 0 radical (unpaired) electrons. The Hall–Kier alpha value is -1.56. The minimum absolute atomic E-state index is 0.122. The fourth-order valence-electron chi connectivity index (χ4n) is 2.31. The van der Waals surface area contributed by atoms with Crippen molar-refractivity contribution in [2.24, 2.45) is 4.99 Å². The number of likely N-dealkylation sites (tertiary alicyclic amines) is 1. The van der Waals surface area contributed by atoms with Crippen LogP contribution in [0.2, 0.25) is 0 Å². The molecule has 0 aliphatic carbocycles. The van der Waals surface area contributed by atoms with Gasteiger partial charge in [-0.2, -0.15) is 0 Å². The maximum absolute atomic E-state index is 12.0. The van der Waals surface area contributed by atoms with Crippen LogP contribution in [0.4, 0.5) is 0 Å². The normalized spacial score (nSPS) is 15.3. The average Bonchev–Trinajstić information content (AvgIpc) is 3.13. The molecule has 1 aliphatic heterocycles. The van der Waals surface area contributed by atoms with Gasteiger partial charge in [0.05, 0.1) is 6.54 Å². The van der Waals surface area contributed by atoms with Crippen molar-refractivity contribution in [3.05, 3.63) is 21.9 Å². The van der Waals surface area contributed by atoms with Gasteiger partial charge in [-0.05, 0) is 38.8 Å². The summed E-state index contributed by atoms with van der Waals surface area (Å²) < 4.78 is 0. The van der Waals surface area contributed by atoms with Crippen LogP contribution in [0.25, 0.3) is 0 Å². The number of nitrogens with zero attached hydrogens (tertiary/aromatic N) is 2. The van der Waals surface area contributed by atoms with Gasteiger partial charge in [0, 0.05) is 29.4 Å². The number of hydrogen-bond acceptors (Lipinski definition) is 3. The van der Waals surface area contributed by atoms with E-state index in [1.165, 1.54) is 9.75 Å². The second-order valence-electron chi connectivity index (χ2n) is 5.15. The zero-order valence-electron chi connectivity index (χ0n) is 12.8. The van der Waals surface area contributed by atoms with Gasteiger partial charge in [-0.15, -0.1) is 11.3 Å². The van der Waals surface area contributed by atoms with Gasteiger partial charge in [-0.25, -0.2) is 4.99 Å². The maximum Gasteiger partial charge on any atom is 0.244 e. The zero-order valence-corrected chi connectivity index (χ0v) is 13.6. The summed E-state index contributed by atoms with van der Waals surface area (Å²) in [7, 11) is 0. The van der Waals surface area contributed by atoms with Crippen molar-refractivity contribution < 1.29 is 4.79 Å². The van der Waals surface area contributed by atoms with Gasteiger partial charge in [0.15, 0.2) is 5.96 Å². The Morgan fingerprint density at radius 1 is 1.33 bits per heavy atom. The highest BCUT2D eigenvalue weighted by Gasteiger charge is 2.17. The van der Waals surface area contributed by atoms with Gasteiger partial charge in [-0.1, -0.05) is 0 Å². The number of hydrogen-bond donors (Lipinski definition) is 2. The summed E-state index contributed by atoms with van der Waals surface area (Å²) in [5, 5.41) is 6.45. The average molecular weight is 308 g/mol. The molecular formula is C15H24N4OS. The Labute approximate surface area is 130 Å². The molecule has 5 nitrogen and oxygen atoms in total. The van der Waals surface area contributed by atoms with E-state index in [4.69, 9.17) is 0 Å². The number of carbonyl (C=O) groups excluding carboxylic acids is 1. The lowest BCUT2D eigenvalue weighted by molar-refractivity contribution is -0.128. The monoisotopic (exact) mass is 308 g/mol. The van der Waals surface area contributed by atoms with E-state index in [0.717, 1.165) is 39.0 Å². The molecule has 2 N–H and O–H groups in total. The topological polar surface area (TPSA) is 56.7 Å². The van der Waals surface area contributed by atoms with Crippen LogP contribution in [-0.4, -0.2) is 42.9 Å². The predicted molar refractivity (Wildman–Crippen MR) is 87.7 cm³/mol. The molecule has 0 spiro atoms. The maximum atomic E-state index is 12.0. The van der Waals surface area contributed by atoms with Crippen LogP contribution in [0.5, 0.6) is 0 Å². The second kappa shape index (κ2) is 8.02. The molecule has 0 aromatic carbocycles. The first-order valence-corrected chi connectivity index (χ1v) is 8.36. The smallest absolute Gasteiger partial charge is 0.244 e. The lowest BCUT2D eigenvalue weighted by atomic mass is 10.4. The molecule has 1 aromatic heterocycles. The van der Waals surface area contributed by atoms with Crippen molar-refractivity contribution in [3.63, 3.8) is 0 Å². The highest BCUT2D eigenvalue weighted by molar-refractivity contribution is 7.11. The molecule has 1 aromatic rings. The highest BCUT2D eigenvalue weighted by atomic mass is 32.1. The largest absolute Gasteiger partial charge is 0.357 e. The van der Waals surface area contributed by atoms with Crippen molar-refractivity contribution in [1.82, 2.24) is 15.5 Å². The van der Waals surface area contributed by atoms with Crippen molar-refractivity contribution in [3.8, 4) is 0 Å². The van der Waals surface area contributed by atoms with Crippen LogP contribution in [-0.2, 0) is 11.3 Å². The zero-order chi connectivity index (χ0) is 15.1. The van der Waals surface area contributed by atoms with Gasteiger partial charge in [0.1, 0.15) is 6.54 Å². The summed E-state index contributed by atoms with van der Waals surface area (Å²) in [6.07, 6.45) is 2.23. The number of carbonyl (C=O) groups is 1. The molecule has 0 unspecified atom stereocenters. The second-order valence-corrected chi connectivity index (χ2v) is 6.52. The Bertz CT molecular complexity index is 492. The first-order chi connectivity index (χ1) is 10.2. The van der Waals surface area contributed by atoms with E-state index in [1.807, 2.05) is 11.8 Å². The van der Waals surface area contributed by atoms with Crippen molar-refractivity contribution in [2.45, 2.75) is 33.2 Å². The molecule has 1 fully saturated rings. The van der Waals surface area contributed by atoms with E-state index in [1.54, 1.807) is 11.3 Å². The van der Waals surface area contributed by atoms with Crippen LogP contribution in [0, 0.1) is 6.92 Å². The Kier molecular flexibility index (Phi) is 6.04. The van der Waals surface area contributed by atoms with Crippen LogP contribution in [0.15, 0.2) is 17.1 Å². The van der Waals surface area contributed by atoms with Gasteiger partial charge in [0.25, 0.3) is 0 Å². The third kappa shape index (κ3) is 5.04. The van der Waals surface area contributed by atoms with Gasteiger partial charge in [-0.3, -0.25) is 4.79 Å². The number of guanidine groups is 1. The number of thiophene rings is 1. The van der Waals surface area contributed by atoms with E-state index in [2.05, 4.69) is 34.7 Å². The van der Waals surface area contributed by atoms with Crippen molar-refractivity contribution >= 4 is 23.2 Å². The summed E-state index contributed by atoms with van der Waals surface area (Å²) in [5.41, 5.74) is 0. The number of amides is 1. The van der Waals surface area contributed by atoms with Crippen LogP contribution in [0.3, 0.4) is 0 Å². The fraction of sp³-hybridized carbons (Fsp3) is 0.600. The molecule has 0 saturated carbocycles. The Morgan fingerprint density at radius 2 is 2.10 bits per heavy atom. The lowest BCUT2D eigenvalue weighted by Gasteiger charge is -2.15. The standard InChI is InChI=1S/C15H24N4OS/c1-3-16-15(17-10-13-7-6-12(2)21-13)18-11-14(20)19-8-4-5-9-19/h6-7H,3-5,8-11H2,1-2H3,(H2,16,17,18). The summed E-state index contributed by atoms with van der Waals surface area (Å²) in [6.45, 7) is 7.63. The Balaban J connectivity index is 1.84. The first-order valence-electron chi connectivity index (χ1n) is 7.54. The third-order valence-corrected chi connectivity index (χ3v) is 4.40. The third-order valence-electron chi connectivity index (χ3n) is 3.40. The van der Waals surface area contributed by atoms with Crippen molar-refractivity contribution in [2.75, 3.05) is 26.2 Å². The summed E-state index contributed by atoms with van der Waals surface area (Å²) >= 11 is 1.77. The van der Waals surface area contributed by atoms with Gasteiger partial charge < -0.3 is 15.5 Å². The molecule has 0 atom stereocenters. The van der Waals surface area contributed by atoms with E-state index in [-0.39, 0.29) is 12.5 Å². The lowest BCUT2D eigenvalue weighted by Crippen LogP contribution is -2.38. The molecule has 2 heterocycles. The molecule has 2 rings (SSSR count). The van der Waals surface area contributed by atoms with Crippen molar-refractivity contribution in [1.29, 1.82) is 0 Å². The molecule has 1 saturated heterocycles. The minimum Gasteiger partial charge on any atom is -0.357 e. The number of nitrogens with one attached hydrogen (secondary N) is 2. The molecule has 1 amide bonds. The molecular weight excluding hydrogens is 284 g/mol. The van der Waals surface area contributed by atoms with E-state index in [0.29, 0.717) is 5.96 Å². The SMILES string of the molecule is CCNC(=NCC(=O)N1CCCC1)NCc1ccc(C)s1. The summed E-state index contributed by atoms with van der Waals surface area (Å²) in [6, 6.07) is 4.23. The molecule has 1 aliphatic rings. The number of aliphatic imine (C=N–C) groups is 1. The predicted octanol–water partition coefficient (Wildman–Crippen LogP) is 1.73. The van der Waals surface area contributed by atoms with E-state index >= 15 is 0 Å². The first kappa shape index (κ1) is 15.8. The highest BCUT2D eigenvalue weighted by Crippen LogP contribution is 2.14.